The number of nitrogens with one attached hydrogen (secondary N) is 1. The summed E-state index contributed by atoms with van der Waals surface area (Å²) in [6.45, 7) is 3.51. The lowest BCUT2D eigenvalue weighted by atomic mass is 10.0. The molecule has 0 saturated carbocycles. The lowest BCUT2D eigenvalue weighted by Crippen LogP contribution is -2.46. The van der Waals surface area contributed by atoms with E-state index >= 15 is 0 Å². The normalized spacial score (nSPS) is 16.1. The molecule has 4 nitrogen and oxygen atoms in total. The maximum absolute atomic E-state index is 12.1. The second-order valence-electron chi connectivity index (χ2n) is 5.23. The number of hydrogen-bond acceptors (Lipinski definition) is 3. The predicted molar refractivity (Wildman–Crippen MR) is 80.7 cm³/mol. The summed E-state index contributed by atoms with van der Waals surface area (Å²) in [4.78, 5) is 26.7. The molecule has 2 heterocycles. The molecule has 1 aliphatic rings. The number of thiophene rings is 1. The van der Waals surface area contributed by atoms with Gasteiger partial charge in [0.05, 0.1) is 6.42 Å². The number of carbonyl (C=O) groups excluding carboxylic acids is 2. The van der Waals surface area contributed by atoms with E-state index in [0.29, 0.717) is 12.8 Å². The molecule has 110 valence electrons. The van der Waals surface area contributed by atoms with Crippen LogP contribution in [-0.4, -0.2) is 35.8 Å². The Labute approximate surface area is 124 Å². The van der Waals surface area contributed by atoms with E-state index in [-0.39, 0.29) is 17.9 Å². The number of carbonyl (C=O) groups is 2. The Bertz CT molecular complexity index is 437. The van der Waals surface area contributed by atoms with Crippen LogP contribution < -0.4 is 5.32 Å². The monoisotopic (exact) mass is 294 g/mol. The molecule has 0 spiro atoms. The van der Waals surface area contributed by atoms with Crippen molar-refractivity contribution in [2.75, 3.05) is 13.1 Å². The van der Waals surface area contributed by atoms with E-state index in [4.69, 9.17) is 0 Å². The zero-order chi connectivity index (χ0) is 14.4. The SMILES string of the molecule is CCCC(=O)NC1CCN(C(=O)Cc2cccs2)CC1. The Hall–Kier alpha value is -1.36. The first-order valence-electron chi connectivity index (χ1n) is 7.28. The number of nitrogens with zero attached hydrogens (tertiary/aromatic N) is 1. The van der Waals surface area contributed by atoms with Crippen molar-refractivity contribution in [3.05, 3.63) is 22.4 Å². The van der Waals surface area contributed by atoms with E-state index in [9.17, 15) is 9.59 Å². The molecule has 1 fully saturated rings. The van der Waals surface area contributed by atoms with Crippen LogP contribution in [-0.2, 0) is 16.0 Å². The average molecular weight is 294 g/mol. The first-order chi connectivity index (χ1) is 9.69. The van der Waals surface area contributed by atoms with Gasteiger partial charge in [-0.15, -0.1) is 11.3 Å². The van der Waals surface area contributed by atoms with Crippen LogP contribution in [0.25, 0.3) is 0 Å². The molecule has 0 atom stereocenters. The Morgan fingerprint density at radius 1 is 1.40 bits per heavy atom. The second-order valence-corrected chi connectivity index (χ2v) is 6.26. The molecule has 1 aromatic heterocycles. The molecular formula is C15H22N2O2S. The van der Waals surface area contributed by atoms with Gasteiger partial charge in [-0.3, -0.25) is 9.59 Å². The zero-order valence-electron chi connectivity index (χ0n) is 11.9. The summed E-state index contributed by atoms with van der Waals surface area (Å²) >= 11 is 1.63. The van der Waals surface area contributed by atoms with E-state index in [1.54, 1.807) is 11.3 Å². The van der Waals surface area contributed by atoms with Crippen molar-refractivity contribution in [1.82, 2.24) is 10.2 Å². The predicted octanol–water partition coefficient (Wildman–Crippen LogP) is 2.20. The molecule has 1 N–H and O–H groups in total. The third kappa shape index (κ3) is 4.34. The molecule has 0 unspecified atom stereocenters. The van der Waals surface area contributed by atoms with Crippen LogP contribution in [0.2, 0.25) is 0 Å². The first kappa shape index (κ1) is 15.0. The molecule has 1 saturated heterocycles. The van der Waals surface area contributed by atoms with Gasteiger partial charge in [0.1, 0.15) is 0 Å². The fourth-order valence-corrected chi connectivity index (χ4v) is 3.17. The van der Waals surface area contributed by atoms with Gasteiger partial charge in [-0.1, -0.05) is 13.0 Å². The van der Waals surface area contributed by atoms with Crippen molar-refractivity contribution in [3.8, 4) is 0 Å². The van der Waals surface area contributed by atoms with Gasteiger partial charge in [0.15, 0.2) is 0 Å². The maximum Gasteiger partial charge on any atom is 0.227 e. The minimum Gasteiger partial charge on any atom is -0.353 e. The van der Waals surface area contributed by atoms with Gasteiger partial charge in [0.25, 0.3) is 0 Å². The van der Waals surface area contributed by atoms with Gasteiger partial charge in [-0.05, 0) is 30.7 Å². The molecule has 2 amide bonds. The molecule has 0 aliphatic carbocycles. The Balaban J connectivity index is 1.73. The standard InChI is InChI=1S/C15H22N2O2S/c1-2-4-14(18)16-12-6-8-17(9-7-12)15(19)11-13-5-3-10-20-13/h3,5,10,12H,2,4,6-9,11H2,1H3,(H,16,18). The lowest BCUT2D eigenvalue weighted by Gasteiger charge is -2.32. The molecule has 20 heavy (non-hydrogen) atoms. The highest BCUT2D eigenvalue weighted by Crippen LogP contribution is 2.15. The highest BCUT2D eigenvalue weighted by Gasteiger charge is 2.23. The number of rotatable bonds is 5. The van der Waals surface area contributed by atoms with Crippen molar-refractivity contribution < 1.29 is 9.59 Å². The molecule has 0 bridgehead atoms. The fraction of sp³-hybridized carbons (Fsp3) is 0.600. The van der Waals surface area contributed by atoms with Crippen molar-refractivity contribution in [2.24, 2.45) is 0 Å². The minimum atomic E-state index is 0.135. The first-order valence-corrected chi connectivity index (χ1v) is 8.16. The molecule has 2 rings (SSSR count). The molecule has 5 heteroatoms. The largest absolute Gasteiger partial charge is 0.353 e. The van der Waals surface area contributed by atoms with Crippen molar-refractivity contribution in [3.63, 3.8) is 0 Å². The second kappa shape index (κ2) is 7.43. The van der Waals surface area contributed by atoms with E-state index in [2.05, 4.69) is 5.32 Å². The summed E-state index contributed by atoms with van der Waals surface area (Å²) in [6.07, 6.45) is 3.71. The zero-order valence-corrected chi connectivity index (χ0v) is 12.7. The number of amides is 2. The summed E-state index contributed by atoms with van der Waals surface area (Å²) < 4.78 is 0. The summed E-state index contributed by atoms with van der Waals surface area (Å²) in [5.41, 5.74) is 0. The van der Waals surface area contributed by atoms with E-state index < -0.39 is 0 Å². The lowest BCUT2D eigenvalue weighted by molar-refractivity contribution is -0.131. The van der Waals surface area contributed by atoms with Gasteiger partial charge in [-0.25, -0.2) is 0 Å². The van der Waals surface area contributed by atoms with Crippen LogP contribution in [0.15, 0.2) is 17.5 Å². The van der Waals surface area contributed by atoms with Crippen molar-refractivity contribution in [2.45, 2.75) is 45.1 Å². The van der Waals surface area contributed by atoms with Crippen LogP contribution in [0.4, 0.5) is 0 Å². The summed E-state index contributed by atoms with van der Waals surface area (Å²) in [5.74, 6) is 0.335. The quantitative estimate of drug-likeness (QED) is 0.905. The molecule has 0 aromatic carbocycles. The summed E-state index contributed by atoms with van der Waals surface area (Å²) in [7, 11) is 0. The minimum absolute atomic E-state index is 0.135. The molecule has 1 aromatic rings. The topological polar surface area (TPSA) is 49.4 Å². The Kier molecular flexibility index (Phi) is 5.59. The van der Waals surface area contributed by atoms with E-state index in [0.717, 1.165) is 37.2 Å². The highest BCUT2D eigenvalue weighted by atomic mass is 32.1. The summed E-state index contributed by atoms with van der Waals surface area (Å²) in [6, 6.07) is 4.21. The van der Waals surface area contributed by atoms with Crippen LogP contribution in [0.1, 0.15) is 37.5 Å². The Morgan fingerprint density at radius 3 is 2.75 bits per heavy atom. The number of hydrogen-bond donors (Lipinski definition) is 1. The maximum atomic E-state index is 12.1. The third-order valence-corrected chi connectivity index (χ3v) is 4.47. The van der Waals surface area contributed by atoms with Crippen LogP contribution in [0.5, 0.6) is 0 Å². The summed E-state index contributed by atoms with van der Waals surface area (Å²) in [5, 5.41) is 5.05. The number of likely N-dealkylation sites (tertiary alicyclic amines) is 1. The Morgan fingerprint density at radius 2 is 2.15 bits per heavy atom. The van der Waals surface area contributed by atoms with Gasteiger partial charge in [-0.2, -0.15) is 0 Å². The fourth-order valence-electron chi connectivity index (χ4n) is 2.47. The van der Waals surface area contributed by atoms with Gasteiger partial charge >= 0.3 is 0 Å². The average Bonchev–Trinajstić information content (AvgIpc) is 2.92. The van der Waals surface area contributed by atoms with Gasteiger partial charge in [0.2, 0.25) is 11.8 Å². The molecule has 1 aliphatic heterocycles. The molecule has 0 radical (unpaired) electrons. The van der Waals surface area contributed by atoms with Gasteiger partial charge in [0, 0.05) is 30.4 Å². The van der Waals surface area contributed by atoms with Crippen molar-refractivity contribution in [1.29, 1.82) is 0 Å². The van der Waals surface area contributed by atoms with Crippen LogP contribution in [0.3, 0.4) is 0 Å². The van der Waals surface area contributed by atoms with Crippen LogP contribution in [0, 0.1) is 0 Å². The van der Waals surface area contributed by atoms with Crippen molar-refractivity contribution >= 4 is 23.2 Å². The van der Waals surface area contributed by atoms with Crippen LogP contribution >= 0.6 is 11.3 Å². The van der Waals surface area contributed by atoms with E-state index in [1.165, 1.54) is 0 Å². The van der Waals surface area contributed by atoms with E-state index in [1.807, 2.05) is 29.3 Å². The van der Waals surface area contributed by atoms with Gasteiger partial charge < -0.3 is 10.2 Å². The third-order valence-electron chi connectivity index (χ3n) is 3.60. The number of piperidine rings is 1. The molecular weight excluding hydrogens is 272 g/mol. The smallest absolute Gasteiger partial charge is 0.227 e. The highest BCUT2D eigenvalue weighted by molar-refractivity contribution is 7.10.